The lowest BCUT2D eigenvalue weighted by Gasteiger charge is -2.31. The molecule has 2 rings (SSSR count). The number of aromatic nitrogens is 2. The highest BCUT2D eigenvalue weighted by Gasteiger charge is 2.36. The number of carbonyl (C=O) groups is 3. The van der Waals surface area contributed by atoms with Gasteiger partial charge in [-0.25, -0.2) is 9.78 Å². The van der Waals surface area contributed by atoms with E-state index < -0.39 is 23.3 Å². The van der Waals surface area contributed by atoms with Crippen LogP contribution in [0.25, 0.3) is 0 Å². The third kappa shape index (κ3) is 6.91. The Morgan fingerprint density at radius 2 is 1.86 bits per heavy atom. The highest BCUT2D eigenvalue weighted by Crippen LogP contribution is 2.31. The van der Waals surface area contributed by atoms with Crippen LogP contribution in [0.1, 0.15) is 76.2 Å². The van der Waals surface area contributed by atoms with Crippen LogP contribution in [0, 0.1) is 17.3 Å². The minimum atomic E-state index is -0.777. The first-order valence-electron chi connectivity index (χ1n) is 10.4. The van der Waals surface area contributed by atoms with E-state index in [1.807, 2.05) is 20.8 Å². The molecular weight excluding hydrogens is 370 g/mol. The van der Waals surface area contributed by atoms with Crippen molar-refractivity contribution >= 4 is 17.7 Å². The molecule has 1 aromatic rings. The summed E-state index contributed by atoms with van der Waals surface area (Å²) in [5.41, 5.74) is -0.248. The van der Waals surface area contributed by atoms with Crippen molar-refractivity contribution < 1.29 is 19.1 Å². The van der Waals surface area contributed by atoms with Crippen LogP contribution in [0.4, 0.5) is 0 Å². The summed E-state index contributed by atoms with van der Waals surface area (Å²) in [7, 11) is 1.31. The molecule has 0 unspecified atom stereocenters. The highest BCUT2D eigenvalue weighted by molar-refractivity contribution is 5.97. The number of esters is 1. The van der Waals surface area contributed by atoms with Gasteiger partial charge in [0, 0.05) is 24.7 Å². The van der Waals surface area contributed by atoms with Crippen molar-refractivity contribution in [2.45, 2.75) is 71.8 Å². The van der Waals surface area contributed by atoms with E-state index in [1.165, 1.54) is 32.1 Å². The minimum absolute atomic E-state index is 0.0546. The van der Waals surface area contributed by atoms with E-state index in [-0.39, 0.29) is 23.8 Å². The van der Waals surface area contributed by atoms with Crippen molar-refractivity contribution in [1.82, 2.24) is 15.3 Å². The van der Waals surface area contributed by atoms with Crippen LogP contribution in [0.2, 0.25) is 0 Å². The predicted molar refractivity (Wildman–Crippen MR) is 109 cm³/mol. The third-order valence-corrected chi connectivity index (χ3v) is 5.58. The first kappa shape index (κ1) is 23.0. The Balaban J connectivity index is 2.16. The molecule has 0 radical (unpaired) electrons. The van der Waals surface area contributed by atoms with Crippen LogP contribution in [0.15, 0.2) is 18.6 Å². The van der Waals surface area contributed by atoms with Crippen molar-refractivity contribution in [3.63, 3.8) is 0 Å². The van der Waals surface area contributed by atoms with Gasteiger partial charge < -0.3 is 10.1 Å². The van der Waals surface area contributed by atoms with Gasteiger partial charge in [-0.3, -0.25) is 14.6 Å². The molecule has 2 atom stereocenters. The molecule has 1 saturated carbocycles. The number of ketones is 1. The quantitative estimate of drug-likeness (QED) is 0.528. The molecule has 0 spiro atoms. The molecule has 0 saturated heterocycles. The summed E-state index contributed by atoms with van der Waals surface area (Å²) < 4.78 is 4.88. The second-order valence-corrected chi connectivity index (χ2v) is 8.99. The maximum absolute atomic E-state index is 13.2. The molecule has 160 valence electrons. The Hall–Kier alpha value is -2.31. The van der Waals surface area contributed by atoms with Crippen molar-refractivity contribution in [3.05, 3.63) is 24.3 Å². The van der Waals surface area contributed by atoms with E-state index in [0.717, 1.165) is 25.7 Å². The summed E-state index contributed by atoms with van der Waals surface area (Å²) in [6, 6.07) is -0.777. The zero-order chi connectivity index (χ0) is 21.4. The average Bonchev–Trinajstić information content (AvgIpc) is 2.71. The van der Waals surface area contributed by atoms with Crippen LogP contribution in [0.3, 0.4) is 0 Å². The number of nitrogens with one attached hydrogen (secondary N) is 1. The Bertz CT molecular complexity index is 694. The Morgan fingerprint density at radius 1 is 1.17 bits per heavy atom. The Morgan fingerprint density at radius 3 is 2.41 bits per heavy atom. The summed E-state index contributed by atoms with van der Waals surface area (Å²) in [5.74, 6) is -1.07. The summed E-state index contributed by atoms with van der Waals surface area (Å²) in [6.07, 6.45) is 10.8. The number of amides is 1. The molecule has 0 bridgehead atoms. The predicted octanol–water partition coefficient (Wildman–Crippen LogP) is 3.34. The molecule has 0 aromatic carbocycles. The number of hydrogen-bond donors (Lipinski definition) is 1. The highest BCUT2D eigenvalue weighted by atomic mass is 16.5. The summed E-state index contributed by atoms with van der Waals surface area (Å²) in [4.78, 5) is 46.1. The van der Waals surface area contributed by atoms with Gasteiger partial charge in [-0.05, 0) is 17.8 Å². The molecule has 0 aliphatic heterocycles. The van der Waals surface area contributed by atoms with E-state index in [4.69, 9.17) is 4.74 Å². The average molecular weight is 404 g/mol. The van der Waals surface area contributed by atoms with Gasteiger partial charge in [0.25, 0.3) is 0 Å². The van der Waals surface area contributed by atoms with E-state index in [2.05, 4.69) is 15.3 Å². The van der Waals surface area contributed by atoms with Crippen molar-refractivity contribution in [2.24, 2.45) is 17.3 Å². The number of rotatable bonds is 8. The molecular formula is C22H33N3O4. The van der Waals surface area contributed by atoms with Gasteiger partial charge in [0.1, 0.15) is 11.7 Å². The fourth-order valence-corrected chi connectivity index (χ4v) is 3.89. The van der Waals surface area contributed by atoms with Crippen molar-refractivity contribution in [2.75, 3.05) is 7.11 Å². The standard InChI is InChI=1S/C22H33N3O4/c1-22(2,3)19(21(28)29-4)25-20(27)16(12-15-8-6-5-7-9-15)13-18(26)17-14-23-10-11-24-17/h10-11,14-16,19H,5-9,12-13H2,1-4H3,(H,25,27)/t16-,19-/m1/s1. The van der Waals surface area contributed by atoms with Gasteiger partial charge >= 0.3 is 5.97 Å². The first-order chi connectivity index (χ1) is 13.7. The summed E-state index contributed by atoms with van der Waals surface area (Å²) in [6.45, 7) is 5.61. The van der Waals surface area contributed by atoms with E-state index in [0.29, 0.717) is 12.3 Å². The van der Waals surface area contributed by atoms with E-state index >= 15 is 0 Å². The fourth-order valence-electron chi connectivity index (χ4n) is 3.89. The van der Waals surface area contributed by atoms with Crippen LogP contribution in [-0.2, 0) is 14.3 Å². The molecule has 7 nitrogen and oxygen atoms in total. The lowest BCUT2D eigenvalue weighted by Crippen LogP contribution is -2.51. The second kappa shape index (κ2) is 10.5. The van der Waals surface area contributed by atoms with Crippen molar-refractivity contribution in [1.29, 1.82) is 0 Å². The Kier molecular flexibility index (Phi) is 8.29. The third-order valence-electron chi connectivity index (χ3n) is 5.58. The zero-order valence-corrected chi connectivity index (χ0v) is 17.9. The number of Topliss-reactive ketones (excluding diaryl/α,β-unsaturated/α-hetero) is 1. The molecule has 1 fully saturated rings. The van der Waals surface area contributed by atoms with E-state index in [1.54, 1.807) is 0 Å². The van der Waals surface area contributed by atoms with Gasteiger partial charge in [-0.2, -0.15) is 0 Å². The van der Waals surface area contributed by atoms with Gasteiger partial charge in [0.15, 0.2) is 5.78 Å². The number of carbonyl (C=O) groups excluding carboxylic acids is 3. The molecule has 1 amide bonds. The molecule has 1 N–H and O–H groups in total. The maximum atomic E-state index is 13.2. The maximum Gasteiger partial charge on any atom is 0.328 e. The lowest BCUT2D eigenvalue weighted by atomic mass is 9.80. The summed E-state index contributed by atoms with van der Waals surface area (Å²) in [5, 5.41) is 2.85. The van der Waals surface area contributed by atoms with Gasteiger partial charge in [-0.15, -0.1) is 0 Å². The lowest BCUT2D eigenvalue weighted by molar-refractivity contribution is -0.148. The summed E-state index contributed by atoms with van der Waals surface area (Å²) >= 11 is 0. The van der Waals surface area contributed by atoms with Gasteiger partial charge in [0.05, 0.1) is 13.3 Å². The van der Waals surface area contributed by atoms with Gasteiger partial charge in [-0.1, -0.05) is 52.9 Å². The number of ether oxygens (including phenoxy) is 1. The molecule has 1 aromatic heterocycles. The topological polar surface area (TPSA) is 98.2 Å². The van der Waals surface area contributed by atoms with E-state index in [9.17, 15) is 14.4 Å². The zero-order valence-electron chi connectivity index (χ0n) is 17.9. The van der Waals surface area contributed by atoms with Crippen LogP contribution in [0.5, 0.6) is 0 Å². The Labute approximate surface area is 173 Å². The monoisotopic (exact) mass is 403 g/mol. The minimum Gasteiger partial charge on any atom is -0.467 e. The fraction of sp³-hybridized carbons (Fsp3) is 0.682. The van der Waals surface area contributed by atoms with Gasteiger partial charge in [0.2, 0.25) is 5.91 Å². The smallest absolute Gasteiger partial charge is 0.328 e. The number of nitrogens with zero attached hydrogens (tertiary/aromatic N) is 2. The van der Waals surface area contributed by atoms with Crippen LogP contribution in [-0.4, -0.2) is 40.8 Å². The molecule has 1 heterocycles. The first-order valence-corrected chi connectivity index (χ1v) is 10.4. The second-order valence-electron chi connectivity index (χ2n) is 8.99. The number of methoxy groups -OCH3 is 1. The molecule has 1 aliphatic carbocycles. The largest absolute Gasteiger partial charge is 0.467 e. The number of hydrogen-bond acceptors (Lipinski definition) is 6. The molecule has 1 aliphatic rings. The van der Waals surface area contributed by atoms with Crippen LogP contribution >= 0.6 is 0 Å². The molecule has 7 heteroatoms. The SMILES string of the molecule is COC(=O)[C@@H](NC(=O)[C@@H](CC(=O)c1cnccn1)CC1CCCCC1)C(C)(C)C. The van der Waals surface area contributed by atoms with Crippen LogP contribution < -0.4 is 5.32 Å². The van der Waals surface area contributed by atoms with Crippen molar-refractivity contribution in [3.8, 4) is 0 Å². The molecule has 29 heavy (non-hydrogen) atoms. The normalized spacial score (nSPS) is 17.2.